The lowest BCUT2D eigenvalue weighted by Gasteiger charge is -2.36. The molecule has 10 heteroatoms. The van der Waals surface area contributed by atoms with Crippen molar-refractivity contribution in [3.8, 4) is 5.75 Å². The van der Waals surface area contributed by atoms with E-state index in [1.807, 2.05) is 27.7 Å². The predicted octanol–water partition coefficient (Wildman–Crippen LogP) is 2.84. The zero-order valence-corrected chi connectivity index (χ0v) is 18.7. The number of piperazine rings is 1. The lowest BCUT2D eigenvalue weighted by molar-refractivity contribution is 0.0138. The van der Waals surface area contributed by atoms with E-state index in [0.717, 1.165) is 11.1 Å². The summed E-state index contributed by atoms with van der Waals surface area (Å²) in [5.41, 5.74) is 8.45. The number of halogens is 1. The number of amides is 1. The first-order valence-corrected chi connectivity index (χ1v) is 10.7. The van der Waals surface area contributed by atoms with Gasteiger partial charge in [0, 0.05) is 44.0 Å². The number of hydrogen-bond donors (Lipinski definition) is 1. The van der Waals surface area contributed by atoms with Crippen LogP contribution in [0.1, 0.15) is 43.0 Å². The van der Waals surface area contributed by atoms with E-state index >= 15 is 0 Å². The smallest absolute Gasteiger partial charge is 0.444 e. The molecule has 1 saturated heterocycles. The number of nitrogens with zero attached hydrogens (tertiary/aromatic N) is 2. The Morgan fingerprint density at radius 3 is 2.10 bits per heavy atom. The first kappa shape index (κ1) is 23.2. The third-order valence-corrected chi connectivity index (χ3v) is 5.35. The van der Waals surface area contributed by atoms with E-state index in [0.29, 0.717) is 49.5 Å². The number of carbonyl (C=O) groups excluding carboxylic acids is 1. The summed E-state index contributed by atoms with van der Waals surface area (Å²) in [6.45, 7) is 13.3. The Morgan fingerprint density at radius 2 is 1.62 bits per heavy atom. The van der Waals surface area contributed by atoms with E-state index in [9.17, 15) is 17.1 Å². The van der Waals surface area contributed by atoms with Gasteiger partial charge in [-0.05, 0) is 58.2 Å². The van der Waals surface area contributed by atoms with Crippen molar-refractivity contribution < 1.29 is 26.0 Å². The van der Waals surface area contributed by atoms with Gasteiger partial charge < -0.3 is 19.6 Å². The number of nitrogen functional groups attached to an aromatic ring is 1. The number of rotatable bonds is 4. The van der Waals surface area contributed by atoms with Crippen LogP contribution < -0.4 is 9.92 Å². The molecule has 1 aliphatic heterocycles. The van der Waals surface area contributed by atoms with Gasteiger partial charge in [0.15, 0.2) is 5.75 Å². The van der Waals surface area contributed by atoms with Gasteiger partial charge >= 0.3 is 16.6 Å². The standard InChI is InChI=1S/C19H30FN3O5S/c1-12-15(13(2)17(14(3)16(12)21)28-29(20,25)26)11-22-7-9-23(10-8-22)18(24)27-19(4,5)6/h7-11,21H2,1-6H3. The van der Waals surface area contributed by atoms with Crippen molar-refractivity contribution in [2.24, 2.45) is 0 Å². The largest absolute Gasteiger partial charge is 0.488 e. The van der Waals surface area contributed by atoms with Crippen LogP contribution in [0.4, 0.5) is 14.4 Å². The molecule has 1 aliphatic rings. The third-order valence-electron chi connectivity index (χ3n) is 4.98. The van der Waals surface area contributed by atoms with Gasteiger partial charge in [0.05, 0.1) is 0 Å². The molecule has 0 aromatic heterocycles. The molecular weight excluding hydrogens is 401 g/mol. The van der Waals surface area contributed by atoms with Crippen LogP contribution in [0.5, 0.6) is 5.75 Å². The summed E-state index contributed by atoms with van der Waals surface area (Å²) >= 11 is 0. The second-order valence-electron chi connectivity index (χ2n) is 8.32. The molecule has 0 saturated carbocycles. The van der Waals surface area contributed by atoms with Crippen LogP contribution in [0, 0.1) is 20.8 Å². The summed E-state index contributed by atoms with van der Waals surface area (Å²) in [4.78, 5) is 16.0. The maximum Gasteiger partial charge on any atom is 0.488 e. The van der Waals surface area contributed by atoms with Gasteiger partial charge in [-0.1, -0.05) is 3.89 Å². The van der Waals surface area contributed by atoms with Crippen LogP contribution in [-0.2, 0) is 21.8 Å². The minimum Gasteiger partial charge on any atom is -0.444 e. The average Bonchev–Trinajstić information content (AvgIpc) is 2.59. The molecule has 8 nitrogen and oxygen atoms in total. The maximum absolute atomic E-state index is 13.1. The lowest BCUT2D eigenvalue weighted by Crippen LogP contribution is -2.49. The van der Waals surface area contributed by atoms with Crippen LogP contribution >= 0.6 is 0 Å². The van der Waals surface area contributed by atoms with Crippen molar-refractivity contribution in [3.05, 3.63) is 22.3 Å². The van der Waals surface area contributed by atoms with Gasteiger partial charge in [0.1, 0.15) is 5.60 Å². The van der Waals surface area contributed by atoms with Crippen molar-refractivity contribution in [3.63, 3.8) is 0 Å². The van der Waals surface area contributed by atoms with E-state index in [4.69, 9.17) is 10.5 Å². The second-order valence-corrected chi connectivity index (χ2v) is 9.27. The molecule has 0 radical (unpaired) electrons. The summed E-state index contributed by atoms with van der Waals surface area (Å²) in [6.07, 6.45) is -0.340. The number of ether oxygens (including phenoxy) is 1. The van der Waals surface area contributed by atoms with E-state index < -0.39 is 16.1 Å². The summed E-state index contributed by atoms with van der Waals surface area (Å²) < 4.78 is 45.1. The molecule has 2 rings (SSSR count). The fourth-order valence-corrected chi connectivity index (χ4v) is 3.82. The summed E-state index contributed by atoms with van der Waals surface area (Å²) in [6, 6.07) is 0. The second kappa shape index (κ2) is 8.35. The predicted molar refractivity (Wildman–Crippen MR) is 109 cm³/mol. The average molecular weight is 432 g/mol. The monoisotopic (exact) mass is 431 g/mol. The minimum atomic E-state index is -5.16. The fraction of sp³-hybridized carbons (Fsp3) is 0.632. The molecule has 1 fully saturated rings. The minimum absolute atomic E-state index is 0.0713. The highest BCUT2D eigenvalue weighted by Crippen LogP contribution is 2.36. The first-order chi connectivity index (χ1) is 13.2. The highest BCUT2D eigenvalue weighted by molar-refractivity contribution is 7.81. The van der Waals surface area contributed by atoms with Crippen molar-refractivity contribution in [1.82, 2.24) is 9.80 Å². The van der Waals surface area contributed by atoms with Gasteiger partial charge in [-0.3, -0.25) is 4.90 Å². The van der Waals surface area contributed by atoms with Crippen LogP contribution in [0.2, 0.25) is 0 Å². The van der Waals surface area contributed by atoms with E-state index in [-0.39, 0.29) is 11.8 Å². The van der Waals surface area contributed by atoms with Crippen molar-refractivity contribution in [2.75, 3.05) is 31.9 Å². The van der Waals surface area contributed by atoms with Gasteiger partial charge in [-0.15, -0.1) is 0 Å². The molecule has 1 aromatic rings. The van der Waals surface area contributed by atoms with Gasteiger partial charge in [-0.25, -0.2) is 4.79 Å². The molecule has 0 bridgehead atoms. The molecule has 1 amide bonds. The Kier molecular flexibility index (Phi) is 6.68. The maximum atomic E-state index is 13.1. The molecule has 0 spiro atoms. The Labute approximate surface area is 172 Å². The fourth-order valence-electron chi connectivity index (χ4n) is 3.37. The van der Waals surface area contributed by atoms with E-state index in [1.54, 1.807) is 18.7 Å². The quantitative estimate of drug-likeness (QED) is 0.578. The van der Waals surface area contributed by atoms with Crippen LogP contribution in [0.3, 0.4) is 0 Å². The van der Waals surface area contributed by atoms with Crippen LogP contribution in [0.25, 0.3) is 0 Å². The topological polar surface area (TPSA) is 102 Å². The molecule has 2 N–H and O–H groups in total. The van der Waals surface area contributed by atoms with Crippen molar-refractivity contribution in [1.29, 1.82) is 0 Å². The number of benzene rings is 1. The lowest BCUT2D eigenvalue weighted by atomic mass is 9.95. The Bertz CT molecular complexity index is 888. The molecule has 0 unspecified atom stereocenters. The van der Waals surface area contributed by atoms with E-state index in [1.165, 1.54) is 0 Å². The molecule has 164 valence electrons. The Balaban J connectivity index is 2.16. The summed E-state index contributed by atoms with van der Waals surface area (Å²) in [7, 11) is -5.16. The van der Waals surface area contributed by atoms with Crippen LogP contribution in [-0.4, -0.2) is 56.1 Å². The molecule has 1 aromatic carbocycles. The zero-order valence-electron chi connectivity index (χ0n) is 17.8. The van der Waals surface area contributed by atoms with Crippen LogP contribution in [0.15, 0.2) is 0 Å². The highest BCUT2D eigenvalue weighted by atomic mass is 32.3. The molecule has 0 atom stereocenters. The van der Waals surface area contributed by atoms with Crippen molar-refractivity contribution >= 4 is 22.3 Å². The number of hydrogen-bond acceptors (Lipinski definition) is 7. The Morgan fingerprint density at radius 1 is 1.07 bits per heavy atom. The molecule has 1 heterocycles. The normalized spacial score (nSPS) is 16.0. The molecule has 0 aliphatic carbocycles. The number of nitrogens with two attached hydrogens (primary N) is 1. The number of anilines is 1. The summed E-state index contributed by atoms with van der Waals surface area (Å²) in [5.74, 6) is -0.0713. The highest BCUT2D eigenvalue weighted by Gasteiger charge is 2.27. The number of carbonyl (C=O) groups is 1. The van der Waals surface area contributed by atoms with E-state index in [2.05, 4.69) is 9.08 Å². The molecule has 29 heavy (non-hydrogen) atoms. The Hall–Kier alpha value is -2.07. The van der Waals surface area contributed by atoms with Gasteiger partial charge in [0.2, 0.25) is 0 Å². The van der Waals surface area contributed by atoms with Crippen molar-refractivity contribution in [2.45, 2.75) is 53.7 Å². The first-order valence-electron chi connectivity index (χ1n) is 9.42. The third kappa shape index (κ3) is 5.96. The zero-order chi connectivity index (χ0) is 22.1. The van der Waals surface area contributed by atoms with Gasteiger partial charge in [-0.2, -0.15) is 8.42 Å². The SMILES string of the molecule is Cc1c(N)c(C)c(OS(=O)(=O)F)c(C)c1CN1CCN(C(=O)OC(C)(C)C)CC1. The molecular formula is C19H30FN3O5S. The summed E-state index contributed by atoms with van der Waals surface area (Å²) in [5, 5.41) is 0. The van der Waals surface area contributed by atoms with Gasteiger partial charge in [0.25, 0.3) is 0 Å².